The highest BCUT2D eigenvalue weighted by atomic mass is 32.2. The summed E-state index contributed by atoms with van der Waals surface area (Å²) in [4.78, 5) is 11.6. The van der Waals surface area contributed by atoms with E-state index in [9.17, 15) is 30.8 Å². The number of carbonyl (C=O) groups is 1. The van der Waals surface area contributed by atoms with Crippen molar-refractivity contribution in [2.45, 2.75) is 17.3 Å². The van der Waals surface area contributed by atoms with E-state index in [0.717, 1.165) is 18.3 Å². The van der Waals surface area contributed by atoms with Crippen LogP contribution in [0.5, 0.6) is 5.75 Å². The van der Waals surface area contributed by atoms with Crippen LogP contribution in [0.4, 0.5) is 23.2 Å². The van der Waals surface area contributed by atoms with Crippen molar-refractivity contribution in [3.63, 3.8) is 0 Å². The fraction of sp³-hybridized carbons (Fsp3) is 0.158. The molecule has 12 heteroatoms. The monoisotopic (exact) mass is 457 g/mol. The van der Waals surface area contributed by atoms with E-state index in [1.54, 1.807) is 6.07 Å². The van der Waals surface area contributed by atoms with Gasteiger partial charge in [-0.1, -0.05) is 12.1 Å². The number of para-hydroxylation sites is 1. The third-order valence-electron chi connectivity index (χ3n) is 4.37. The number of ether oxygens (including phenoxy) is 1. The molecule has 0 fully saturated rings. The van der Waals surface area contributed by atoms with Crippen molar-refractivity contribution in [3.8, 4) is 11.4 Å². The molecule has 1 amide bonds. The molecular formula is C19H15F4N3O4S. The molecule has 0 radical (unpaired) electrons. The van der Waals surface area contributed by atoms with E-state index in [4.69, 9.17) is 4.74 Å². The molecule has 0 saturated heterocycles. The number of carbonyl (C=O) groups excluding carboxylic acids is 1. The number of nitrogens with one attached hydrogen (secondary N) is 1. The van der Waals surface area contributed by atoms with Gasteiger partial charge in [0.25, 0.3) is 15.7 Å². The number of anilines is 1. The summed E-state index contributed by atoms with van der Waals surface area (Å²) in [6, 6.07) is 8.09. The van der Waals surface area contributed by atoms with Crippen LogP contribution < -0.4 is 10.1 Å². The molecule has 0 bridgehead atoms. The third-order valence-corrected chi connectivity index (χ3v) is 5.85. The first-order chi connectivity index (χ1) is 14.5. The van der Waals surface area contributed by atoms with Gasteiger partial charge in [-0.3, -0.25) is 4.79 Å². The summed E-state index contributed by atoms with van der Waals surface area (Å²) in [5, 5.41) is 6.30. The van der Waals surface area contributed by atoms with E-state index in [1.165, 1.54) is 36.9 Å². The zero-order chi connectivity index (χ0) is 23.0. The predicted molar refractivity (Wildman–Crippen MR) is 102 cm³/mol. The Morgan fingerprint density at radius 3 is 2.45 bits per heavy atom. The number of hydrogen-bond acceptors (Lipinski definition) is 5. The van der Waals surface area contributed by atoms with Gasteiger partial charge >= 0.3 is 5.51 Å². The topological polar surface area (TPSA) is 90.3 Å². The molecule has 31 heavy (non-hydrogen) atoms. The highest BCUT2D eigenvalue weighted by molar-refractivity contribution is 7.92. The van der Waals surface area contributed by atoms with E-state index >= 15 is 0 Å². The molecule has 3 aromatic rings. The lowest BCUT2D eigenvalue weighted by Gasteiger charge is -2.13. The third kappa shape index (κ3) is 4.10. The Morgan fingerprint density at radius 2 is 1.84 bits per heavy atom. The quantitative estimate of drug-likeness (QED) is 0.588. The Hall–Kier alpha value is -3.41. The number of sulfone groups is 1. The van der Waals surface area contributed by atoms with Gasteiger partial charge in [0.1, 0.15) is 17.3 Å². The molecule has 0 saturated carbocycles. The smallest absolute Gasteiger partial charge is 0.495 e. The van der Waals surface area contributed by atoms with Crippen LogP contribution in [0.3, 0.4) is 0 Å². The molecule has 0 unspecified atom stereocenters. The van der Waals surface area contributed by atoms with E-state index in [2.05, 4.69) is 10.4 Å². The largest absolute Gasteiger partial charge is 0.501 e. The second-order valence-corrected chi connectivity index (χ2v) is 8.21. The summed E-state index contributed by atoms with van der Waals surface area (Å²) in [5.41, 5.74) is -5.47. The fourth-order valence-electron chi connectivity index (χ4n) is 2.77. The second kappa shape index (κ2) is 8.02. The minimum atomic E-state index is -5.63. The van der Waals surface area contributed by atoms with Gasteiger partial charge in [0.05, 0.1) is 35.1 Å². The van der Waals surface area contributed by atoms with Crippen LogP contribution in [0.25, 0.3) is 5.69 Å². The number of benzene rings is 2. The average Bonchev–Trinajstić information content (AvgIpc) is 3.08. The fourth-order valence-corrected chi connectivity index (χ4v) is 3.56. The molecule has 0 aliphatic rings. The van der Waals surface area contributed by atoms with Crippen LogP contribution in [0.1, 0.15) is 16.1 Å². The van der Waals surface area contributed by atoms with E-state index < -0.39 is 32.0 Å². The predicted octanol–water partition coefficient (Wildman–Crippen LogP) is 3.87. The summed E-state index contributed by atoms with van der Waals surface area (Å²) in [7, 11) is -4.44. The summed E-state index contributed by atoms with van der Waals surface area (Å²) >= 11 is 0. The Morgan fingerprint density at radius 1 is 1.16 bits per heavy atom. The van der Waals surface area contributed by atoms with Gasteiger partial charge in [-0.25, -0.2) is 17.5 Å². The molecule has 2 aromatic carbocycles. The molecule has 3 rings (SSSR count). The van der Waals surface area contributed by atoms with Gasteiger partial charge in [-0.15, -0.1) is 0 Å². The number of aromatic nitrogens is 2. The maximum atomic E-state index is 14.0. The van der Waals surface area contributed by atoms with Crippen molar-refractivity contribution in [2.24, 2.45) is 0 Å². The summed E-state index contributed by atoms with van der Waals surface area (Å²) in [6.07, 6.45) is 1.15. The van der Waals surface area contributed by atoms with Crippen molar-refractivity contribution in [2.75, 3.05) is 12.4 Å². The number of hydrogen-bond donors (Lipinski definition) is 1. The van der Waals surface area contributed by atoms with Gasteiger partial charge in [-0.2, -0.15) is 18.3 Å². The first-order valence-electron chi connectivity index (χ1n) is 8.57. The Labute approximate surface area is 174 Å². The highest BCUT2D eigenvalue weighted by Crippen LogP contribution is 2.35. The van der Waals surface area contributed by atoms with Gasteiger partial charge in [-0.05, 0) is 37.3 Å². The average molecular weight is 457 g/mol. The number of nitrogens with zero attached hydrogens (tertiary/aromatic N) is 2. The minimum absolute atomic E-state index is 0.00520. The number of rotatable bonds is 5. The molecule has 1 N–H and O–H groups in total. The molecule has 7 nitrogen and oxygen atoms in total. The van der Waals surface area contributed by atoms with Crippen molar-refractivity contribution in [1.29, 1.82) is 0 Å². The van der Waals surface area contributed by atoms with E-state index in [0.29, 0.717) is 6.07 Å². The van der Waals surface area contributed by atoms with Crippen LogP contribution in [-0.4, -0.2) is 36.7 Å². The minimum Gasteiger partial charge on any atom is -0.495 e. The van der Waals surface area contributed by atoms with Crippen molar-refractivity contribution < 1.29 is 35.5 Å². The molecule has 0 spiro atoms. The Bertz CT molecular complexity index is 1250. The molecule has 164 valence electrons. The van der Waals surface area contributed by atoms with Crippen LogP contribution in [0.2, 0.25) is 0 Å². The van der Waals surface area contributed by atoms with Crippen LogP contribution in [-0.2, 0) is 9.84 Å². The van der Waals surface area contributed by atoms with Crippen molar-refractivity contribution in [3.05, 3.63) is 65.7 Å². The van der Waals surface area contributed by atoms with Gasteiger partial charge in [0.2, 0.25) is 0 Å². The zero-order valence-corrected chi connectivity index (χ0v) is 16.9. The van der Waals surface area contributed by atoms with Crippen molar-refractivity contribution in [1.82, 2.24) is 9.78 Å². The standard InChI is InChI=1S/C19H15F4N3O4S/c1-11-13(10-24-26(11)16-6-4-3-5-14(16)20)18(27)25-15-9-12(7-8-17(15)30-2)31(28,29)19(21,22)23/h3-10H,1-2H3,(H,25,27). The molecule has 0 aliphatic carbocycles. The van der Waals surface area contributed by atoms with Gasteiger partial charge in [0.15, 0.2) is 0 Å². The molecule has 0 atom stereocenters. The molecular weight excluding hydrogens is 442 g/mol. The molecule has 1 heterocycles. The van der Waals surface area contributed by atoms with E-state index in [1.807, 2.05) is 0 Å². The lowest BCUT2D eigenvalue weighted by Crippen LogP contribution is -2.23. The summed E-state index contributed by atoms with van der Waals surface area (Å²) < 4.78 is 82.2. The SMILES string of the molecule is COc1ccc(S(=O)(=O)C(F)(F)F)cc1NC(=O)c1cnn(-c2ccccc2F)c1C. The Kier molecular flexibility index (Phi) is 5.77. The van der Waals surface area contributed by atoms with Gasteiger partial charge < -0.3 is 10.1 Å². The van der Waals surface area contributed by atoms with Gasteiger partial charge in [0, 0.05) is 0 Å². The first kappa shape index (κ1) is 22.3. The van der Waals surface area contributed by atoms with Crippen LogP contribution in [0, 0.1) is 12.7 Å². The Balaban J connectivity index is 1.98. The van der Waals surface area contributed by atoms with Crippen molar-refractivity contribution >= 4 is 21.4 Å². The van der Waals surface area contributed by atoms with E-state index in [-0.39, 0.29) is 28.4 Å². The first-order valence-corrected chi connectivity index (χ1v) is 10.1. The normalized spacial score (nSPS) is 11.9. The summed E-state index contributed by atoms with van der Waals surface area (Å²) in [6.45, 7) is 1.50. The highest BCUT2D eigenvalue weighted by Gasteiger charge is 2.47. The van der Waals surface area contributed by atoms with Crippen LogP contribution in [0.15, 0.2) is 53.6 Å². The lowest BCUT2D eigenvalue weighted by atomic mass is 10.2. The molecule has 0 aliphatic heterocycles. The number of methoxy groups -OCH3 is 1. The number of halogens is 4. The zero-order valence-electron chi connectivity index (χ0n) is 16.1. The number of alkyl halides is 3. The maximum Gasteiger partial charge on any atom is 0.501 e. The summed E-state index contributed by atoms with van der Waals surface area (Å²) in [5.74, 6) is -1.44. The number of amides is 1. The maximum absolute atomic E-state index is 14.0. The molecule has 1 aromatic heterocycles. The van der Waals surface area contributed by atoms with Crippen LogP contribution >= 0.6 is 0 Å². The second-order valence-electron chi connectivity index (χ2n) is 6.27. The lowest BCUT2D eigenvalue weighted by molar-refractivity contribution is -0.0436.